The lowest BCUT2D eigenvalue weighted by molar-refractivity contribution is -0.142. The number of nitrogens with one attached hydrogen (secondary N) is 6. The molecule has 0 rings (SSSR count). The highest BCUT2D eigenvalue weighted by molar-refractivity contribution is 5.95. The number of nitrogens with two attached hydrogens (primary N) is 3. The molecule has 15 N–H and O–H groups in total. The lowest BCUT2D eigenvalue weighted by Gasteiger charge is -2.27. The maximum absolute atomic E-state index is 13.5. The molecule has 0 radical (unpaired) electrons. The summed E-state index contributed by atoms with van der Waals surface area (Å²) in [4.78, 5) is 86.4. The van der Waals surface area contributed by atoms with Crippen LogP contribution in [0.2, 0.25) is 0 Å². The van der Waals surface area contributed by atoms with Crippen molar-refractivity contribution in [2.75, 3.05) is 13.1 Å². The van der Waals surface area contributed by atoms with Crippen molar-refractivity contribution in [3.05, 3.63) is 0 Å². The van der Waals surface area contributed by atoms with Crippen LogP contribution >= 0.6 is 0 Å². The van der Waals surface area contributed by atoms with E-state index in [1.165, 1.54) is 0 Å². The van der Waals surface area contributed by atoms with Crippen LogP contribution in [0.25, 0.3) is 0 Å². The van der Waals surface area contributed by atoms with E-state index in [1.807, 2.05) is 0 Å². The van der Waals surface area contributed by atoms with E-state index in [9.17, 15) is 38.7 Å². The van der Waals surface area contributed by atoms with Crippen molar-refractivity contribution in [2.45, 2.75) is 108 Å². The van der Waals surface area contributed by atoms with Gasteiger partial charge in [0.05, 0.1) is 6.04 Å². The Morgan fingerprint density at radius 1 is 0.660 bits per heavy atom. The van der Waals surface area contributed by atoms with E-state index < -0.39 is 84.6 Å². The average Bonchev–Trinajstić information content (AvgIpc) is 2.97. The molecule has 5 atom stereocenters. The monoisotopic (exact) mass is 673 g/mol. The fraction of sp³-hybridized carbons (Fsp3) is 0.714. The van der Waals surface area contributed by atoms with Crippen molar-refractivity contribution in [1.29, 1.82) is 5.41 Å². The van der Waals surface area contributed by atoms with Crippen LogP contribution in [-0.4, -0.2) is 106 Å². The van der Waals surface area contributed by atoms with Crippen molar-refractivity contribution in [1.82, 2.24) is 26.6 Å². The Balaban J connectivity index is 6.00. The molecule has 0 aliphatic rings. The van der Waals surface area contributed by atoms with E-state index >= 15 is 0 Å². The van der Waals surface area contributed by atoms with Gasteiger partial charge in [-0.2, -0.15) is 0 Å². The van der Waals surface area contributed by atoms with Crippen LogP contribution in [0.3, 0.4) is 0 Å². The van der Waals surface area contributed by atoms with Crippen molar-refractivity contribution in [3.8, 4) is 0 Å². The SMILES string of the molecule is CC(C)C[C@H](NC(=O)[C@H](CCC(=O)O)NC(=O)[C@H](N)CCC(=O)O)C(=O)N[C@@H](CCCNC(=N)N)C(=O)N[C@H](CCCCN)C(=O)O. The van der Waals surface area contributed by atoms with E-state index in [-0.39, 0.29) is 56.9 Å². The lowest BCUT2D eigenvalue weighted by atomic mass is 10.0. The van der Waals surface area contributed by atoms with Gasteiger partial charge in [0.1, 0.15) is 24.2 Å². The van der Waals surface area contributed by atoms with Gasteiger partial charge in [0.2, 0.25) is 23.6 Å². The summed E-state index contributed by atoms with van der Waals surface area (Å²) in [6.07, 6.45) is -0.205. The van der Waals surface area contributed by atoms with E-state index in [0.29, 0.717) is 19.4 Å². The quantitative estimate of drug-likeness (QED) is 0.0271. The highest BCUT2D eigenvalue weighted by Gasteiger charge is 2.32. The number of carboxylic acid groups (broad SMARTS) is 3. The second kappa shape index (κ2) is 22.9. The van der Waals surface area contributed by atoms with Crippen LogP contribution in [0, 0.1) is 11.3 Å². The van der Waals surface area contributed by atoms with Crippen LogP contribution in [0.15, 0.2) is 0 Å². The first-order chi connectivity index (χ1) is 22.0. The molecule has 0 saturated heterocycles. The number of carbonyl (C=O) groups excluding carboxylic acids is 4. The largest absolute Gasteiger partial charge is 0.481 e. The third-order valence-corrected chi connectivity index (χ3v) is 6.81. The molecule has 19 nitrogen and oxygen atoms in total. The summed E-state index contributed by atoms with van der Waals surface area (Å²) in [6, 6.07) is -6.52. The molecule has 0 aliphatic heterocycles. The van der Waals surface area contributed by atoms with Crippen LogP contribution in [0.4, 0.5) is 0 Å². The van der Waals surface area contributed by atoms with E-state index in [2.05, 4.69) is 26.6 Å². The number of hydrogen-bond acceptors (Lipinski definition) is 10. The maximum atomic E-state index is 13.5. The first-order valence-corrected chi connectivity index (χ1v) is 15.4. The Kier molecular flexibility index (Phi) is 20.7. The number of hydrogen-bond donors (Lipinski definition) is 12. The number of aliphatic carboxylic acids is 3. The van der Waals surface area contributed by atoms with Crippen LogP contribution in [0.5, 0.6) is 0 Å². The first-order valence-electron chi connectivity index (χ1n) is 15.4. The Labute approximate surface area is 273 Å². The Bertz CT molecular complexity index is 1090. The summed E-state index contributed by atoms with van der Waals surface area (Å²) < 4.78 is 0. The molecule has 0 aromatic heterocycles. The van der Waals surface area contributed by atoms with E-state index in [4.69, 9.17) is 32.8 Å². The molecule has 0 aliphatic carbocycles. The van der Waals surface area contributed by atoms with Gasteiger partial charge in [-0.05, 0) is 63.8 Å². The molecular weight excluding hydrogens is 622 g/mol. The van der Waals surface area contributed by atoms with E-state index in [1.54, 1.807) is 13.8 Å². The van der Waals surface area contributed by atoms with Crippen LogP contribution < -0.4 is 43.8 Å². The van der Waals surface area contributed by atoms with Crippen molar-refractivity contribution in [2.24, 2.45) is 23.1 Å². The van der Waals surface area contributed by atoms with Crippen LogP contribution in [0.1, 0.15) is 78.1 Å². The maximum Gasteiger partial charge on any atom is 0.326 e. The molecule has 0 spiro atoms. The summed E-state index contributed by atoms with van der Waals surface area (Å²) in [5, 5.41) is 47.3. The second-order valence-electron chi connectivity index (χ2n) is 11.5. The molecule has 0 fully saturated rings. The van der Waals surface area contributed by atoms with Gasteiger partial charge in [-0.15, -0.1) is 0 Å². The standard InChI is InChI=1S/C28H51N9O10/c1-15(2)14-20(37-25(44)18(9-11-22(40)41)34-23(42)16(30)8-10-21(38)39)26(45)35-17(7-5-13-33-28(31)32)24(43)36-19(27(46)47)6-3-4-12-29/h15-20H,3-14,29-30H2,1-2H3,(H,34,42)(H,35,45)(H,36,43)(H,37,44)(H,38,39)(H,40,41)(H,46,47)(H4,31,32,33)/t16-,17+,18+,19-,20+/m1/s1. The molecule has 0 unspecified atom stereocenters. The first kappa shape index (κ1) is 42.5. The third-order valence-electron chi connectivity index (χ3n) is 6.81. The molecule has 0 aromatic rings. The molecule has 0 heterocycles. The predicted octanol–water partition coefficient (Wildman–Crippen LogP) is -2.49. The summed E-state index contributed by atoms with van der Waals surface area (Å²) >= 11 is 0. The topological polar surface area (TPSA) is 342 Å². The fourth-order valence-electron chi connectivity index (χ4n) is 4.29. The smallest absolute Gasteiger partial charge is 0.326 e. The molecule has 0 aromatic carbocycles. The number of amides is 4. The van der Waals surface area contributed by atoms with Gasteiger partial charge in [0, 0.05) is 19.4 Å². The minimum atomic E-state index is -1.45. The van der Waals surface area contributed by atoms with Gasteiger partial charge >= 0.3 is 17.9 Å². The number of guanidine groups is 1. The molecule has 0 bridgehead atoms. The predicted molar refractivity (Wildman–Crippen MR) is 169 cm³/mol. The zero-order chi connectivity index (χ0) is 36.1. The average molecular weight is 674 g/mol. The number of carboxylic acids is 3. The molecule has 19 heteroatoms. The molecular formula is C28H51N9O10. The summed E-state index contributed by atoms with van der Waals surface area (Å²) in [5.41, 5.74) is 16.5. The molecule has 4 amide bonds. The van der Waals surface area contributed by atoms with Crippen molar-refractivity contribution < 1.29 is 48.9 Å². The lowest BCUT2D eigenvalue weighted by Crippen LogP contribution is -2.58. The van der Waals surface area contributed by atoms with Gasteiger partial charge in [-0.3, -0.25) is 34.2 Å². The number of carbonyl (C=O) groups is 7. The van der Waals surface area contributed by atoms with Gasteiger partial charge in [0.25, 0.3) is 0 Å². The highest BCUT2D eigenvalue weighted by Crippen LogP contribution is 2.10. The fourth-order valence-corrected chi connectivity index (χ4v) is 4.29. The minimum absolute atomic E-state index is 0.000856. The molecule has 0 saturated carbocycles. The van der Waals surface area contributed by atoms with E-state index in [0.717, 1.165) is 0 Å². The number of rotatable bonds is 25. The Morgan fingerprint density at radius 3 is 1.64 bits per heavy atom. The zero-order valence-corrected chi connectivity index (χ0v) is 26.9. The number of unbranched alkanes of at least 4 members (excludes halogenated alkanes) is 1. The van der Waals surface area contributed by atoms with Gasteiger partial charge in [-0.1, -0.05) is 13.8 Å². The minimum Gasteiger partial charge on any atom is -0.481 e. The van der Waals surface area contributed by atoms with Gasteiger partial charge < -0.3 is 59.1 Å². The summed E-state index contributed by atoms with van der Waals surface area (Å²) in [6.45, 7) is 4.02. The second-order valence-corrected chi connectivity index (χ2v) is 11.5. The third kappa shape index (κ3) is 19.6. The van der Waals surface area contributed by atoms with Gasteiger partial charge in [0.15, 0.2) is 5.96 Å². The van der Waals surface area contributed by atoms with Crippen molar-refractivity contribution >= 4 is 47.5 Å². The highest BCUT2D eigenvalue weighted by atomic mass is 16.4. The Morgan fingerprint density at radius 2 is 1.13 bits per heavy atom. The molecule has 268 valence electrons. The van der Waals surface area contributed by atoms with Crippen molar-refractivity contribution in [3.63, 3.8) is 0 Å². The molecule has 47 heavy (non-hydrogen) atoms. The summed E-state index contributed by atoms with van der Waals surface area (Å²) in [7, 11) is 0. The normalized spacial score (nSPS) is 14.1. The van der Waals surface area contributed by atoms with Gasteiger partial charge in [-0.25, -0.2) is 4.79 Å². The Hall–Kier alpha value is -4.52. The summed E-state index contributed by atoms with van der Waals surface area (Å²) in [5.74, 6) is -7.62. The zero-order valence-electron chi connectivity index (χ0n) is 26.9. The van der Waals surface area contributed by atoms with Crippen LogP contribution in [-0.2, 0) is 33.6 Å².